The van der Waals surface area contributed by atoms with Gasteiger partial charge in [-0.25, -0.2) is 4.98 Å². The number of aryl methyl sites for hydroxylation is 2. The van der Waals surface area contributed by atoms with Gasteiger partial charge in [0.25, 0.3) is 0 Å². The summed E-state index contributed by atoms with van der Waals surface area (Å²) in [7, 11) is 0. The topological polar surface area (TPSA) is 94.6 Å². The molecule has 8 heteroatoms. The second-order valence-electron chi connectivity index (χ2n) is 7.81. The van der Waals surface area contributed by atoms with Crippen molar-refractivity contribution in [1.82, 2.24) is 25.0 Å². The van der Waals surface area contributed by atoms with Gasteiger partial charge in [0.15, 0.2) is 5.82 Å². The monoisotopic (exact) mass is 365 g/mol. The summed E-state index contributed by atoms with van der Waals surface area (Å²) >= 11 is 0. The van der Waals surface area contributed by atoms with Gasteiger partial charge >= 0.3 is 0 Å². The molecule has 0 aliphatic carbocycles. The van der Waals surface area contributed by atoms with Crippen molar-refractivity contribution in [1.29, 1.82) is 0 Å². The van der Waals surface area contributed by atoms with Crippen molar-refractivity contribution in [2.75, 3.05) is 39.3 Å². The van der Waals surface area contributed by atoms with Crippen LogP contribution in [-0.2, 0) is 16.0 Å². The molecule has 1 aromatic heterocycles. The summed E-state index contributed by atoms with van der Waals surface area (Å²) in [6.45, 7) is 10.3. The summed E-state index contributed by atoms with van der Waals surface area (Å²) in [5, 5.41) is 16.7. The first-order valence-corrected chi connectivity index (χ1v) is 9.59. The number of hydrogen-bond acceptors (Lipinski definition) is 6. The zero-order valence-electron chi connectivity index (χ0n) is 16.0. The van der Waals surface area contributed by atoms with Gasteiger partial charge in [0.05, 0.1) is 12.2 Å². The minimum absolute atomic E-state index is 0.122. The van der Waals surface area contributed by atoms with Crippen LogP contribution in [0.2, 0.25) is 0 Å². The number of aliphatic hydroxyl groups is 1. The van der Waals surface area contributed by atoms with Gasteiger partial charge in [-0.3, -0.25) is 14.8 Å². The Kier molecular flexibility index (Phi) is 6.26. The van der Waals surface area contributed by atoms with Crippen LogP contribution in [0.3, 0.4) is 0 Å². The number of nitrogens with zero attached hydrogens (tertiary/aromatic N) is 4. The normalized spacial score (nSPS) is 30.1. The number of aromatic amines is 1. The molecule has 3 rings (SSSR count). The van der Waals surface area contributed by atoms with Crippen molar-refractivity contribution in [2.45, 2.75) is 45.8 Å². The van der Waals surface area contributed by atoms with E-state index in [9.17, 15) is 9.90 Å². The fourth-order valence-corrected chi connectivity index (χ4v) is 4.20. The number of amides is 1. The van der Waals surface area contributed by atoms with Crippen molar-refractivity contribution in [2.24, 2.45) is 11.8 Å². The maximum atomic E-state index is 12.6. The highest BCUT2D eigenvalue weighted by Gasteiger charge is 2.36. The number of morpholine rings is 1. The van der Waals surface area contributed by atoms with Crippen LogP contribution in [0.1, 0.15) is 31.9 Å². The maximum Gasteiger partial charge on any atom is 0.223 e. The third kappa shape index (κ3) is 4.81. The standard InChI is InChI=1S/C18H31N5O3/c1-12-6-22(7-13(2)26-12)8-15-9-23(10-16(15)11-24)18(25)5-4-17-19-14(3)20-21-17/h12-13,15-16,24H,4-11H2,1-3H3,(H,19,20,21)/t12-,13+,15-,16-/m1/s1. The number of H-pyrrole nitrogens is 1. The van der Waals surface area contributed by atoms with Crippen molar-refractivity contribution in [3.8, 4) is 0 Å². The van der Waals surface area contributed by atoms with Gasteiger partial charge in [-0.1, -0.05) is 0 Å². The Morgan fingerprint density at radius 2 is 1.92 bits per heavy atom. The van der Waals surface area contributed by atoms with Gasteiger partial charge in [0.2, 0.25) is 5.91 Å². The molecule has 0 aromatic carbocycles. The Hall–Kier alpha value is -1.51. The summed E-state index contributed by atoms with van der Waals surface area (Å²) in [6, 6.07) is 0. The molecule has 2 N–H and O–H groups in total. The summed E-state index contributed by atoms with van der Waals surface area (Å²) < 4.78 is 5.80. The zero-order valence-corrected chi connectivity index (χ0v) is 16.0. The van der Waals surface area contributed by atoms with E-state index in [1.54, 1.807) is 0 Å². The third-order valence-corrected chi connectivity index (χ3v) is 5.36. The molecular formula is C18H31N5O3. The first-order valence-electron chi connectivity index (χ1n) is 9.59. The average Bonchev–Trinajstić information content (AvgIpc) is 3.17. The quantitative estimate of drug-likeness (QED) is 0.749. The zero-order chi connectivity index (χ0) is 18.7. The average molecular weight is 365 g/mol. The van der Waals surface area contributed by atoms with Crippen molar-refractivity contribution < 1.29 is 14.6 Å². The summed E-state index contributed by atoms with van der Waals surface area (Å²) in [5.41, 5.74) is 0. The second-order valence-corrected chi connectivity index (χ2v) is 7.81. The Morgan fingerprint density at radius 3 is 2.54 bits per heavy atom. The molecule has 0 spiro atoms. The van der Waals surface area contributed by atoms with Gasteiger partial charge < -0.3 is 14.7 Å². The first-order chi connectivity index (χ1) is 12.4. The van der Waals surface area contributed by atoms with Gasteiger partial charge in [0.1, 0.15) is 5.82 Å². The first kappa shape index (κ1) is 19.3. The van der Waals surface area contributed by atoms with Crippen LogP contribution in [-0.4, -0.2) is 87.5 Å². The van der Waals surface area contributed by atoms with Gasteiger partial charge in [-0.15, -0.1) is 0 Å². The Bertz CT molecular complexity index is 597. The number of carbonyl (C=O) groups is 1. The van der Waals surface area contributed by atoms with E-state index >= 15 is 0 Å². The van der Waals surface area contributed by atoms with E-state index < -0.39 is 0 Å². The van der Waals surface area contributed by atoms with Crippen molar-refractivity contribution in [3.63, 3.8) is 0 Å². The molecule has 2 aliphatic rings. The lowest BCUT2D eigenvalue weighted by Gasteiger charge is -2.37. The summed E-state index contributed by atoms with van der Waals surface area (Å²) in [6.07, 6.45) is 1.42. The van der Waals surface area contributed by atoms with E-state index in [0.29, 0.717) is 31.1 Å². The lowest BCUT2D eigenvalue weighted by molar-refractivity contribution is -0.130. The predicted octanol–water partition coefficient (Wildman–Crippen LogP) is 0.222. The highest BCUT2D eigenvalue weighted by Crippen LogP contribution is 2.26. The summed E-state index contributed by atoms with van der Waals surface area (Å²) in [5.74, 6) is 2.03. The minimum Gasteiger partial charge on any atom is -0.396 e. The second kappa shape index (κ2) is 8.45. The van der Waals surface area contributed by atoms with E-state index in [0.717, 1.165) is 32.0 Å². The Morgan fingerprint density at radius 1 is 1.23 bits per heavy atom. The van der Waals surface area contributed by atoms with E-state index in [1.165, 1.54) is 0 Å². The van der Waals surface area contributed by atoms with Gasteiger partial charge in [-0.05, 0) is 26.7 Å². The number of ether oxygens (including phenoxy) is 1. The van der Waals surface area contributed by atoms with Crippen LogP contribution >= 0.6 is 0 Å². The molecule has 0 bridgehead atoms. The van der Waals surface area contributed by atoms with E-state index in [4.69, 9.17) is 4.74 Å². The third-order valence-electron chi connectivity index (χ3n) is 5.36. The molecule has 0 unspecified atom stereocenters. The largest absolute Gasteiger partial charge is 0.396 e. The number of aromatic nitrogens is 3. The Balaban J connectivity index is 1.51. The van der Waals surface area contributed by atoms with Gasteiger partial charge in [-0.2, -0.15) is 5.10 Å². The number of rotatable bonds is 6. The number of hydrogen-bond donors (Lipinski definition) is 2. The molecule has 1 aromatic rings. The molecule has 0 saturated carbocycles. The number of aliphatic hydroxyl groups excluding tert-OH is 1. The molecular weight excluding hydrogens is 334 g/mol. The van der Waals surface area contributed by atoms with Crippen LogP contribution in [0, 0.1) is 18.8 Å². The molecule has 146 valence electrons. The fourth-order valence-electron chi connectivity index (χ4n) is 4.20. The molecule has 2 fully saturated rings. The van der Waals surface area contributed by atoms with Crippen LogP contribution in [0.4, 0.5) is 0 Å². The van der Waals surface area contributed by atoms with E-state index in [1.807, 2.05) is 11.8 Å². The SMILES string of the molecule is Cc1nc(CCC(=O)N2C[C@@H](CN3C[C@@H](C)O[C@@H](C)C3)[C@@H](CO)C2)n[nH]1. The molecule has 2 aliphatic heterocycles. The predicted molar refractivity (Wildman–Crippen MR) is 96.5 cm³/mol. The number of nitrogens with one attached hydrogen (secondary N) is 1. The number of carbonyl (C=O) groups excluding carboxylic acids is 1. The van der Waals surface area contributed by atoms with Crippen molar-refractivity contribution >= 4 is 5.91 Å². The highest BCUT2D eigenvalue weighted by atomic mass is 16.5. The molecule has 8 nitrogen and oxygen atoms in total. The lowest BCUT2D eigenvalue weighted by atomic mass is 9.96. The highest BCUT2D eigenvalue weighted by molar-refractivity contribution is 5.76. The minimum atomic E-state index is 0.122. The fraction of sp³-hybridized carbons (Fsp3) is 0.833. The molecule has 26 heavy (non-hydrogen) atoms. The van der Waals surface area contributed by atoms with Crippen molar-refractivity contribution in [3.05, 3.63) is 11.6 Å². The molecule has 2 saturated heterocycles. The molecule has 0 radical (unpaired) electrons. The van der Waals surface area contributed by atoms with Gasteiger partial charge in [0, 0.05) is 58.1 Å². The van der Waals surface area contributed by atoms with Crippen LogP contribution in [0.15, 0.2) is 0 Å². The summed E-state index contributed by atoms with van der Waals surface area (Å²) in [4.78, 5) is 21.1. The smallest absolute Gasteiger partial charge is 0.223 e. The van der Waals surface area contributed by atoms with E-state index in [2.05, 4.69) is 33.9 Å². The molecule has 4 atom stereocenters. The van der Waals surface area contributed by atoms with Crippen LogP contribution in [0.25, 0.3) is 0 Å². The Labute approximate surface area is 154 Å². The molecule has 3 heterocycles. The number of likely N-dealkylation sites (tertiary alicyclic amines) is 1. The maximum absolute atomic E-state index is 12.6. The lowest BCUT2D eigenvalue weighted by Crippen LogP contribution is -2.48. The van der Waals surface area contributed by atoms with Crippen LogP contribution in [0.5, 0.6) is 0 Å². The van der Waals surface area contributed by atoms with E-state index in [-0.39, 0.29) is 30.6 Å². The van der Waals surface area contributed by atoms with Crippen LogP contribution < -0.4 is 0 Å². The molecule has 1 amide bonds.